The fraction of sp³-hybridized carbons (Fsp3) is 0.737. The first-order chi connectivity index (χ1) is 10.7. The van der Waals surface area contributed by atoms with Gasteiger partial charge in [-0.15, -0.1) is 0 Å². The van der Waals surface area contributed by atoms with Crippen LogP contribution in [0.25, 0.3) is 0 Å². The van der Waals surface area contributed by atoms with E-state index in [4.69, 9.17) is 0 Å². The molecule has 3 nitrogen and oxygen atoms in total. The predicted molar refractivity (Wildman–Crippen MR) is 92.1 cm³/mol. The molecule has 2 aliphatic heterocycles. The van der Waals surface area contributed by atoms with Gasteiger partial charge in [-0.2, -0.15) is 0 Å². The highest BCUT2D eigenvalue weighted by Gasteiger charge is 2.28. The summed E-state index contributed by atoms with van der Waals surface area (Å²) in [4.78, 5) is 9.84. The van der Waals surface area contributed by atoms with Gasteiger partial charge in [-0.3, -0.25) is 4.98 Å². The molecule has 3 rings (SSSR count). The topological polar surface area (TPSA) is 19.4 Å². The van der Waals surface area contributed by atoms with E-state index in [1.54, 1.807) is 0 Å². The molecule has 1 atom stereocenters. The summed E-state index contributed by atoms with van der Waals surface area (Å²) in [6, 6.07) is 5.25. The van der Waals surface area contributed by atoms with Crippen LogP contribution in [0.3, 0.4) is 0 Å². The third-order valence-corrected chi connectivity index (χ3v) is 5.57. The second kappa shape index (κ2) is 7.56. The van der Waals surface area contributed by atoms with Crippen LogP contribution in [0.15, 0.2) is 18.3 Å². The van der Waals surface area contributed by atoms with Gasteiger partial charge < -0.3 is 9.80 Å². The summed E-state index contributed by atoms with van der Waals surface area (Å²) in [5, 5.41) is 0. The Morgan fingerprint density at radius 1 is 1.14 bits per heavy atom. The summed E-state index contributed by atoms with van der Waals surface area (Å²) in [6.45, 7) is 10.8. The second-order valence-electron chi connectivity index (χ2n) is 7.18. The van der Waals surface area contributed by atoms with Crippen molar-refractivity contribution in [3.05, 3.63) is 29.6 Å². The zero-order valence-electron chi connectivity index (χ0n) is 14.3. The lowest BCUT2D eigenvalue weighted by atomic mass is 9.89. The lowest BCUT2D eigenvalue weighted by Gasteiger charge is -2.42. The van der Waals surface area contributed by atoms with Crippen LogP contribution < -0.4 is 0 Å². The number of piperidine rings is 2. The Morgan fingerprint density at radius 2 is 1.95 bits per heavy atom. The third kappa shape index (κ3) is 4.08. The van der Waals surface area contributed by atoms with E-state index in [0.717, 1.165) is 17.7 Å². The van der Waals surface area contributed by atoms with E-state index >= 15 is 0 Å². The maximum Gasteiger partial charge on any atom is 0.0372 e. The first-order valence-electron chi connectivity index (χ1n) is 9.12. The van der Waals surface area contributed by atoms with Gasteiger partial charge in [0.1, 0.15) is 0 Å². The highest BCUT2D eigenvalue weighted by Crippen LogP contribution is 2.25. The molecule has 0 amide bonds. The molecular weight excluding hydrogens is 270 g/mol. The number of nitrogens with zero attached hydrogens (tertiary/aromatic N) is 3. The van der Waals surface area contributed by atoms with Crippen LogP contribution in [0.2, 0.25) is 0 Å². The largest absolute Gasteiger partial charge is 0.303 e. The van der Waals surface area contributed by atoms with E-state index in [2.05, 4.69) is 47.0 Å². The molecule has 0 saturated carbocycles. The molecule has 2 fully saturated rings. The lowest BCUT2D eigenvalue weighted by Crippen LogP contribution is -2.48. The Hall–Kier alpha value is -0.930. The second-order valence-corrected chi connectivity index (χ2v) is 7.18. The fourth-order valence-electron chi connectivity index (χ4n) is 4.15. The van der Waals surface area contributed by atoms with E-state index in [0.29, 0.717) is 0 Å². The highest BCUT2D eigenvalue weighted by atomic mass is 15.2. The van der Waals surface area contributed by atoms with Crippen LogP contribution in [0.4, 0.5) is 0 Å². The Kier molecular flexibility index (Phi) is 5.48. The molecule has 1 aromatic rings. The number of likely N-dealkylation sites (tertiary alicyclic amines) is 2. The zero-order valence-corrected chi connectivity index (χ0v) is 14.3. The molecule has 22 heavy (non-hydrogen) atoms. The van der Waals surface area contributed by atoms with Gasteiger partial charge in [-0.05, 0) is 82.8 Å². The molecule has 0 N–H and O–H groups in total. The van der Waals surface area contributed by atoms with Crippen molar-refractivity contribution in [3.63, 3.8) is 0 Å². The summed E-state index contributed by atoms with van der Waals surface area (Å²) in [5.41, 5.74) is 2.54. The van der Waals surface area contributed by atoms with Crippen molar-refractivity contribution in [2.75, 3.05) is 32.7 Å². The summed E-state index contributed by atoms with van der Waals surface area (Å²) >= 11 is 0. The molecule has 0 spiro atoms. The van der Waals surface area contributed by atoms with Crippen molar-refractivity contribution < 1.29 is 0 Å². The van der Waals surface area contributed by atoms with Crippen LogP contribution in [0.5, 0.6) is 0 Å². The van der Waals surface area contributed by atoms with E-state index in [1.807, 2.05) is 0 Å². The van der Waals surface area contributed by atoms with Crippen LogP contribution in [-0.2, 0) is 6.42 Å². The third-order valence-electron chi connectivity index (χ3n) is 5.57. The van der Waals surface area contributed by atoms with Crippen molar-refractivity contribution in [2.24, 2.45) is 5.92 Å². The lowest BCUT2D eigenvalue weighted by molar-refractivity contribution is 0.0731. The van der Waals surface area contributed by atoms with Gasteiger partial charge in [0.2, 0.25) is 0 Å². The van der Waals surface area contributed by atoms with Crippen LogP contribution >= 0.6 is 0 Å². The van der Waals surface area contributed by atoms with Crippen LogP contribution in [0.1, 0.15) is 43.9 Å². The minimum Gasteiger partial charge on any atom is -0.303 e. The molecule has 3 heterocycles. The maximum atomic E-state index is 4.45. The average molecular weight is 301 g/mol. The van der Waals surface area contributed by atoms with Gasteiger partial charge in [0.25, 0.3) is 0 Å². The summed E-state index contributed by atoms with van der Waals surface area (Å²) in [7, 11) is 0. The maximum absolute atomic E-state index is 4.45. The van der Waals surface area contributed by atoms with Crippen molar-refractivity contribution in [1.82, 2.24) is 14.8 Å². The van der Waals surface area contributed by atoms with Gasteiger partial charge in [0, 0.05) is 24.5 Å². The first-order valence-corrected chi connectivity index (χ1v) is 9.12. The smallest absolute Gasteiger partial charge is 0.0372 e. The van der Waals surface area contributed by atoms with Crippen LogP contribution in [-0.4, -0.2) is 53.5 Å². The van der Waals surface area contributed by atoms with Gasteiger partial charge in [0.15, 0.2) is 0 Å². The molecule has 0 bridgehead atoms. The van der Waals surface area contributed by atoms with Crippen molar-refractivity contribution >= 4 is 0 Å². The molecule has 0 aliphatic carbocycles. The first kappa shape index (κ1) is 15.9. The molecule has 0 unspecified atom stereocenters. The summed E-state index contributed by atoms with van der Waals surface area (Å²) < 4.78 is 0. The molecule has 2 aliphatic rings. The molecule has 2 saturated heterocycles. The number of pyridine rings is 1. The summed E-state index contributed by atoms with van der Waals surface area (Å²) in [5.74, 6) is 0.822. The number of aromatic nitrogens is 1. The van der Waals surface area contributed by atoms with Gasteiger partial charge in [-0.25, -0.2) is 0 Å². The van der Waals surface area contributed by atoms with E-state index in [-0.39, 0.29) is 0 Å². The zero-order chi connectivity index (χ0) is 15.4. The standard InChI is InChI=1S/C19H31N3/c1-3-21-11-8-19(9-12-21)22-10-4-5-18(15-22)13-17-7-6-16(2)20-14-17/h6-7,14,18-19H,3-5,8-13,15H2,1-2H3/t18-/m0/s1. The molecule has 122 valence electrons. The predicted octanol–water partition coefficient (Wildman–Crippen LogP) is 3.13. The fourth-order valence-corrected chi connectivity index (χ4v) is 4.15. The minimum atomic E-state index is 0.822. The number of hydrogen-bond donors (Lipinski definition) is 0. The van der Waals surface area contributed by atoms with Crippen molar-refractivity contribution in [1.29, 1.82) is 0 Å². The van der Waals surface area contributed by atoms with Gasteiger partial charge in [-0.1, -0.05) is 13.0 Å². The number of hydrogen-bond acceptors (Lipinski definition) is 3. The normalized spacial score (nSPS) is 25.5. The Bertz CT molecular complexity index is 448. The van der Waals surface area contributed by atoms with Crippen molar-refractivity contribution in [3.8, 4) is 0 Å². The van der Waals surface area contributed by atoms with E-state index in [1.165, 1.54) is 70.4 Å². The highest BCUT2D eigenvalue weighted by molar-refractivity contribution is 5.14. The Labute approximate surface area is 135 Å². The van der Waals surface area contributed by atoms with Gasteiger partial charge >= 0.3 is 0 Å². The summed E-state index contributed by atoms with van der Waals surface area (Å²) in [6.07, 6.45) is 8.78. The minimum absolute atomic E-state index is 0.822. The Morgan fingerprint density at radius 3 is 2.64 bits per heavy atom. The average Bonchev–Trinajstić information content (AvgIpc) is 2.57. The number of aryl methyl sites for hydroxylation is 1. The monoisotopic (exact) mass is 301 g/mol. The quantitative estimate of drug-likeness (QED) is 0.852. The molecular formula is C19H31N3. The molecule has 0 radical (unpaired) electrons. The number of rotatable bonds is 4. The molecule has 3 heteroatoms. The Balaban J connectivity index is 1.52. The van der Waals surface area contributed by atoms with E-state index in [9.17, 15) is 0 Å². The molecule has 1 aromatic heterocycles. The van der Waals surface area contributed by atoms with E-state index < -0.39 is 0 Å². The van der Waals surface area contributed by atoms with Crippen LogP contribution in [0, 0.1) is 12.8 Å². The van der Waals surface area contributed by atoms with Gasteiger partial charge in [0.05, 0.1) is 0 Å². The van der Waals surface area contributed by atoms with Crippen molar-refractivity contribution in [2.45, 2.75) is 52.0 Å². The SMILES string of the molecule is CCN1CCC(N2CCC[C@@H](Cc3ccc(C)nc3)C2)CC1. The molecule has 0 aromatic carbocycles.